The number of amides is 1. The summed E-state index contributed by atoms with van der Waals surface area (Å²) in [4.78, 5) is 30.8. The van der Waals surface area contributed by atoms with Gasteiger partial charge in [-0.1, -0.05) is 42.0 Å². The number of hydrogen-bond donors (Lipinski definition) is 1. The molecule has 160 valence electrons. The van der Waals surface area contributed by atoms with Crippen LogP contribution in [-0.2, 0) is 24.3 Å². The highest BCUT2D eigenvalue weighted by atomic mass is 16.2. The lowest BCUT2D eigenvalue weighted by atomic mass is 10.1. The van der Waals surface area contributed by atoms with Gasteiger partial charge in [0.25, 0.3) is 5.56 Å². The highest BCUT2D eigenvalue weighted by Gasteiger charge is 2.20. The number of carbonyl (C=O) groups excluding carboxylic acids is 1. The van der Waals surface area contributed by atoms with Gasteiger partial charge < -0.3 is 9.88 Å². The maximum atomic E-state index is 13.5. The van der Waals surface area contributed by atoms with Crippen molar-refractivity contribution in [3.05, 3.63) is 76.3 Å². The number of nitrogens with one attached hydrogen (secondary N) is 1. The van der Waals surface area contributed by atoms with Crippen LogP contribution in [0.25, 0.3) is 21.9 Å². The Labute approximate surface area is 181 Å². The summed E-state index contributed by atoms with van der Waals surface area (Å²) in [5, 5.41) is 3.88. The zero-order valence-corrected chi connectivity index (χ0v) is 18.5. The Hall–Kier alpha value is -3.41. The number of nitrogens with zero attached hydrogens (tertiary/aromatic N) is 3. The minimum absolute atomic E-state index is 0.0694. The molecule has 0 radical (unpaired) electrons. The molecule has 0 aliphatic rings. The molecule has 2 heterocycles. The maximum absolute atomic E-state index is 13.5. The van der Waals surface area contributed by atoms with E-state index >= 15 is 0 Å². The standard InChI is InChI=1S/C25H28N4O2/c1-17-10-11-20-19(14-17)22-23(29(20)15-21(30)27-25(2,3)4)24(31)28(16-26-22)13-12-18-8-6-5-7-9-18/h5-11,14,16H,12-13,15H2,1-4H3,(H,27,30). The van der Waals surface area contributed by atoms with E-state index in [9.17, 15) is 9.59 Å². The van der Waals surface area contributed by atoms with E-state index in [0.29, 0.717) is 17.6 Å². The van der Waals surface area contributed by atoms with E-state index in [-0.39, 0.29) is 23.6 Å². The van der Waals surface area contributed by atoms with E-state index in [0.717, 1.165) is 28.5 Å². The van der Waals surface area contributed by atoms with Gasteiger partial charge in [-0.05, 0) is 51.8 Å². The third kappa shape index (κ3) is 4.38. The summed E-state index contributed by atoms with van der Waals surface area (Å²) in [7, 11) is 0. The van der Waals surface area contributed by atoms with E-state index in [2.05, 4.69) is 10.3 Å². The van der Waals surface area contributed by atoms with Crippen LogP contribution in [-0.4, -0.2) is 25.6 Å². The predicted octanol–water partition coefficient (Wildman–Crippen LogP) is 3.82. The zero-order valence-electron chi connectivity index (χ0n) is 18.5. The van der Waals surface area contributed by atoms with Crippen LogP contribution >= 0.6 is 0 Å². The van der Waals surface area contributed by atoms with Crippen LogP contribution in [0.3, 0.4) is 0 Å². The molecule has 6 nitrogen and oxygen atoms in total. The molecule has 0 atom stereocenters. The van der Waals surface area contributed by atoms with Crippen molar-refractivity contribution in [2.45, 2.75) is 52.7 Å². The number of fused-ring (bicyclic) bond motifs is 3. The molecular weight excluding hydrogens is 388 g/mol. The van der Waals surface area contributed by atoms with Crippen molar-refractivity contribution < 1.29 is 4.79 Å². The summed E-state index contributed by atoms with van der Waals surface area (Å²) in [6, 6.07) is 16.0. The Balaban J connectivity index is 1.81. The van der Waals surface area contributed by atoms with Gasteiger partial charge in [-0.2, -0.15) is 0 Å². The molecule has 6 heteroatoms. The topological polar surface area (TPSA) is 68.9 Å². The minimum Gasteiger partial charge on any atom is -0.350 e. The van der Waals surface area contributed by atoms with Crippen molar-refractivity contribution >= 4 is 27.8 Å². The molecule has 0 spiro atoms. The molecule has 0 fully saturated rings. The summed E-state index contributed by atoms with van der Waals surface area (Å²) < 4.78 is 3.44. The van der Waals surface area contributed by atoms with Gasteiger partial charge in [-0.3, -0.25) is 14.2 Å². The van der Waals surface area contributed by atoms with Gasteiger partial charge in [-0.15, -0.1) is 0 Å². The van der Waals surface area contributed by atoms with E-state index in [4.69, 9.17) is 0 Å². The summed E-state index contributed by atoms with van der Waals surface area (Å²) in [5.41, 5.74) is 3.73. The summed E-state index contributed by atoms with van der Waals surface area (Å²) in [5.74, 6) is -0.133. The van der Waals surface area contributed by atoms with Crippen LogP contribution in [0.5, 0.6) is 0 Å². The summed E-state index contributed by atoms with van der Waals surface area (Å²) in [6.45, 7) is 8.44. The molecule has 1 N–H and O–H groups in total. The van der Waals surface area contributed by atoms with Gasteiger partial charge in [0.2, 0.25) is 5.91 Å². The zero-order chi connectivity index (χ0) is 22.2. The number of aromatic nitrogens is 3. The van der Waals surface area contributed by atoms with Gasteiger partial charge in [-0.25, -0.2) is 4.98 Å². The van der Waals surface area contributed by atoms with Crippen LogP contribution in [0.1, 0.15) is 31.9 Å². The number of carbonyl (C=O) groups is 1. The minimum atomic E-state index is -0.347. The molecule has 0 aliphatic heterocycles. The van der Waals surface area contributed by atoms with Crippen molar-refractivity contribution in [3.63, 3.8) is 0 Å². The van der Waals surface area contributed by atoms with Crippen LogP contribution in [0, 0.1) is 6.92 Å². The highest BCUT2D eigenvalue weighted by Crippen LogP contribution is 2.26. The molecule has 0 saturated carbocycles. The third-order valence-corrected chi connectivity index (χ3v) is 5.28. The normalized spacial score (nSPS) is 11.9. The quantitative estimate of drug-likeness (QED) is 0.538. The fraction of sp³-hybridized carbons (Fsp3) is 0.320. The van der Waals surface area contributed by atoms with E-state index in [1.165, 1.54) is 0 Å². The SMILES string of the molecule is Cc1ccc2c(c1)c1ncn(CCc3ccccc3)c(=O)c1n2CC(=O)NC(C)(C)C. The first-order valence-electron chi connectivity index (χ1n) is 10.6. The second-order valence-corrected chi connectivity index (χ2v) is 9.08. The first-order chi connectivity index (χ1) is 14.7. The molecule has 31 heavy (non-hydrogen) atoms. The molecule has 0 saturated heterocycles. The predicted molar refractivity (Wildman–Crippen MR) is 124 cm³/mol. The van der Waals surface area contributed by atoms with Gasteiger partial charge in [0.1, 0.15) is 17.6 Å². The Bertz CT molecular complexity index is 1310. The smallest absolute Gasteiger partial charge is 0.277 e. The van der Waals surface area contributed by atoms with Gasteiger partial charge in [0.15, 0.2) is 0 Å². The monoisotopic (exact) mass is 416 g/mol. The Kier molecular flexibility index (Phi) is 5.39. The summed E-state index contributed by atoms with van der Waals surface area (Å²) in [6.07, 6.45) is 2.35. The van der Waals surface area contributed by atoms with Gasteiger partial charge in [0, 0.05) is 17.5 Å². The maximum Gasteiger partial charge on any atom is 0.277 e. The molecule has 1 amide bonds. The van der Waals surface area contributed by atoms with Crippen LogP contribution in [0.15, 0.2) is 59.7 Å². The van der Waals surface area contributed by atoms with Gasteiger partial charge in [0.05, 0.1) is 11.8 Å². The highest BCUT2D eigenvalue weighted by molar-refractivity contribution is 6.06. The first kappa shape index (κ1) is 20.8. The average molecular weight is 417 g/mol. The van der Waals surface area contributed by atoms with E-state index < -0.39 is 0 Å². The Morgan fingerprint density at radius 1 is 1.10 bits per heavy atom. The second kappa shape index (κ2) is 8.02. The van der Waals surface area contributed by atoms with Crippen LogP contribution in [0.4, 0.5) is 0 Å². The van der Waals surface area contributed by atoms with Crippen LogP contribution < -0.4 is 10.9 Å². The third-order valence-electron chi connectivity index (χ3n) is 5.28. The van der Waals surface area contributed by atoms with Crippen molar-refractivity contribution in [2.75, 3.05) is 0 Å². The molecule has 0 unspecified atom stereocenters. The Morgan fingerprint density at radius 3 is 2.55 bits per heavy atom. The van der Waals surface area contributed by atoms with Crippen molar-refractivity contribution in [2.24, 2.45) is 0 Å². The molecule has 4 rings (SSSR count). The fourth-order valence-corrected chi connectivity index (χ4v) is 3.93. The lowest BCUT2D eigenvalue weighted by molar-refractivity contribution is -0.122. The van der Waals surface area contributed by atoms with E-state index in [1.807, 2.05) is 76.2 Å². The lowest BCUT2D eigenvalue weighted by Crippen LogP contribution is -2.42. The molecule has 4 aromatic rings. The second-order valence-electron chi connectivity index (χ2n) is 9.08. The van der Waals surface area contributed by atoms with Crippen LogP contribution in [0.2, 0.25) is 0 Å². The largest absolute Gasteiger partial charge is 0.350 e. The van der Waals surface area contributed by atoms with Crippen molar-refractivity contribution in [1.29, 1.82) is 0 Å². The molecule has 0 bridgehead atoms. The first-order valence-corrected chi connectivity index (χ1v) is 10.6. The fourth-order valence-electron chi connectivity index (χ4n) is 3.93. The molecular formula is C25H28N4O2. The molecule has 0 aliphatic carbocycles. The van der Waals surface area contributed by atoms with Crippen molar-refractivity contribution in [3.8, 4) is 0 Å². The summed E-state index contributed by atoms with van der Waals surface area (Å²) >= 11 is 0. The average Bonchev–Trinajstić information content (AvgIpc) is 3.00. The number of hydrogen-bond acceptors (Lipinski definition) is 3. The lowest BCUT2D eigenvalue weighted by Gasteiger charge is -2.21. The molecule has 2 aromatic heterocycles. The number of benzene rings is 2. The van der Waals surface area contributed by atoms with Crippen molar-refractivity contribution in [1.82, 2.24) is 19.4 Å². The number of aryl methyl sites for hydroxylation is 3. The van der Waals surface area contributed by atoms with Gasteiger partial charge >= 0.3 is 0 Å². The number of rotatable bonds is 5. The van der Waals surface area contributed by atoms with E-state index in [1.54, 1.807) is 15.5 Å². The molecule has 2 aromatic carbocycles. The Morgan fingerprint density at radius 2 is 1.84 bits per heavy atom.